The Bertz CT molecular complexity index is 2220. The number of nitrogens with two attached hydrogens (primary N) is 1. The minimum atomic E-state index is -0.197. The SMILES string of the molecule is CC1C=Cc2oc(=C/C=C\C(N)c3cc4c(c5c3C=CCC5)CCC=C4)/c(=C/Cc3ccc4cccc(-c5ccccc5)c4c3)c2C1. The van der Waals surface area contributed by atoms with Gasteiger partial charge in [0.05, 0.1) is 0 Å². The molecule has 0 spiro atoms. The summed E-state index contributed by atoms with van der Waals surface area (Å²) in [5.41, 5.74) is 19.8. The van der Waals surface area contributed by atoms with Crippen molar-refractivity contribution < 1.29 is 4.42 Å². The molecule has 0 bridgehead atoms. The van der Waals surface area contributed by atoms with Gasteiger partial charge in [0.2, 0.25) is 0 Å². The number of allylic oxidation sites excluding steroid dienone is 4. The van der Waals surface area contributed by atoms with Gasteiger partial charge in [-0.25, -0.2) is 0 Å². The van der Waals surface area contributed by atoms with Gasteiger partial charge in [0.15, 0.2) is 0 Å². The first-order chi connectivity index (χ1) is 23.1. The monoisotopic (exact) mass is 611 g/mol. The summed E-state index contributed by atoms with van der Waals surface area (Å²) in [4.78, 5) is 0. The summed E-state index contributed by atoms with van der Waals surface area (Å²) in [6, 6.07) is 26.2. The number of benzene rings is 4. The van der Waals surface area contributed by atoms with E-state index in [2.05, 4.69) is 140 Å². The molecule has 0 radical (unpaired) electrons. The Morgan fingerprint density at radius 3 is 2.62 bits per heavy atom. The van der Waals surface area contributed by atoms with Gasteiger partial charge < -0.3 is 10.2 Å². The van der Waals surface area contributed by atoms with Gasteiger partial charge in [-0.1, -0.05) is 122 Å². The first-order valence-electron chi connectivity index (χ1n) is 17.2. The third kappa shape index (κ3) is 5.79. The van der Waals surface area contributed by atoms with Crippen molar-refractivity contribution >= 4 is 41.2 Å². The fourth-order valence-corrected chi connectivity index (χ4v) is 7.67. The second-order valence-corrected chi connectivity index (χ2v) is 13.3. The van der Waals surface area contributed by atoms with Crippen molar-refractivity contribution in [3.8, 4) is 11.1 Å². The van der Waals surface area contributed by atoms with Gasteiger partial charge in [-0.05, 0) is 118 Å². The smallest absolute Gasteiger partial charge is 0.134 e. The van der Waals surface area contributed by atoms with Gasteiger partial charge in [0.25, 0.3) is 0 Å². The molecule has 2 nitrogen and oxygen atoms in total. The van der Waals surface area contributed by atoms with Crippen molar-refractivity contribution in [1.82, 2.24) is 0 Å². The zero-order valence-corrected chi connectivity index (χ0v) is 27.1. The van der Waals surface area contributed by atoms with E-state index in [0.717, 1.165) is 49.7 Å². The van der Waals surface area contributed by atoms with Crippen molar-refractivity contribution in [2.45, 2.75) is 51.5 Å². The Morgan fingerprint density at radius 2 is 1.72 bits per heavy atom. The third-order valence-corrected chi connectivity index (χ3v) is 10.1. The van der Waals surface area contributed by atoms with Crippen LogP contribution in [0, 0.1) is 5.92 Å². The molecule has 0 saturated carbocycles. The topological polar surface area (TPSA) is 39.2 Å². The third-order valence-electron chi connectivity index (χ3n) is 10.1. The molecule has 47 heavy (non-hydrogen) atoms. The molecule has 2 atom stereocenters. The molecule has 1 aromatic heterocycles. The maximum absolute atomic E-state index is 6.89. The Kier molecular flexibility index (Phi) is 7.97. The molecule has 232 valence electrons. The van der Waals surface area contributed by atoms with E-state index in [4.69, 9.17) is 10.2 Å². The van der Waals surface area contributed by atoms with Crippen LogP contribution in [-0.2, 0) is 25.7 Å². The van der Waals surface area contributed by atoms with E-state index in [9.17, 15) is 0 Å². The highest BCUT2D eigenvalue weighted by Gasteiger charge is 2.21. The van der Waals surface area contributed by atoms with Crippen LogP contribution in [0.4, 0.5) is 0 Å². The number of hydrogen-bond donors (Lipinski definition) is 1. The number of furan rings is 1. The first-order valence-corrected chi connectivity index (χ1v) is 17.2. The molecule has 3 aliphatic rings. The van der Waals surface area contributed by atoms with E-state index in [-0.39, 0.29) is 6.04 Å². The van der Waals surface area contributed by atoms with Crippen LogP contribution in [0.2, 0.25) is 0 Å². The zero-order valence-electron chi connectivity index (χ0n) is 27.1. The van der Waals surface area contributed by atoms with E-state index in [1.165, 1.54) is 66.1 Å². The molecule has 0 fully saturated rings. The van der Waals surface area contributed by atoms with Crippen LogP contribution in [-0.4, -0.2) is 0 Å². The molecule has 5 aromatic rings. The summed E-state index contributed by atoms with van der Waals surface area (Å²) in [6.07, 6.45) is 28.5. The molecule has 3 aliphatic carbocycles. The average molecular weight is 612 g/mol. The van der Waals surface area contributed by atoms with Gasteiger partial charge in [-0.2, -0.15) is 0 Å². The quantitative estimate of drug-likeness (QED) is 0.208. The van der Waals surface area contributed by atoms with E-state index in [1.54, 1.807) is 0 Å². The molecule has 2 unspecified atom stereocenters. The summed E-state index contributed by atoms with van der Waals surface area (Å²) in [6.45, 7) is 2.27. The Hall–Kier alpha value is -4.92. The van der Waals surface area contributed by atoms with E-state index >= 15 is 0 Å². The average Bonchev–Trinajstić information content (AvgIpc) is 3.46. The molecule has 0 amide bonds. The van der Waals surface area contributed by atoms with Crippen molar-refractivity contribution in [3.05, 3.63) is 159 Å². The molecule has 0 saturated heterocycles. The van der Waals surface area contributed by atoms with Crippen molar-refractivity contribution in [2.75, 3.05) is 0 Å². The van der Waals surface area contributed by atoms with Crippen LogP contribution < -0.4 is 16.4 Å². The van der Waals surface area contributed by atoms with Gasteiger partial charge in [-0.15, -0.1) is 0 Å². The van der Waals surface area contributed by atoms with Gasteiger partial charge in [0, 0.05) is 16.8 Å². The van der Waals surface area contributed by atoms with Crippen LogP contribution in [0.15, 0.2) is 108 Å². The standard InChI is InChI=1S/C45H41NO/c1-30-21-26-45-42(27-30)39(25-23-31-22-24-33-14-9-18-35(40(33)28-31)32-11-3-2-4-12-32)44(47-45)20-10-19-43(46)41-29-34-13-5-6-15-36(34)37-16-7-8-17-38(37)41/h2-5,8-14,17-22,24-26,28-30,43H,6-7,15-16,23,27,46H2,1H3/b19-10-,39-25+,44-20+. The Labute approximate surface area is 277 Å². The van der Waals surface area contributed by atoms with Crippen LogP contribution in [0.5, 0.6) is 0 Å². The minimum absolute atomic E-state index is 0.197. The summed E-state index contributed by atoms with van der Waals surface area (Å²) in [7, 11) is 0. The Balaban J connectivity index is 1.15. The fourth-order valence-electron chi connectivity index (χ4n) is 7.67. The lowest BCUT2D eigenvalue weighted by Crippen LogP contribution is -2.24. The largest absolute Gasteiger partial charge is 0.456 e. The molecular formula is C45H41NO. The molecule has 8 rings (SSSR count). The minimum Gasteiger partial charge on any atom is -0.456 e. The number of fused-ring (bicyclic) bond motifs is 5. The zero-order chi connectivity index (χ0) is 31.7. The maximum Gasteiger partial charge on any atom is 0.134 e. The molecule has 4 aromatic carbocycles. The van der Waals surface area contributed by atoms with E-state index < -0.39 is 0 Å². The van der Waals surface area contributed by atoms with Gasteiger partial charge >= 0.3 is 0 Å². The highest BCUT2D eigenvalue weighted by Crippen LogP contribution is 2.35. The predicted octanol–water partition coefficient (Wildman–Crippen LogP) is 9.28. The lowest BCUT2D eigenvalue weighted by Gasteiger charge is -2.25. The van der Waals surface area contributed by atoms with Gasteiger partial charge in [0.1, 0.15) is 11.2 Å². The highest BCUT2D eigenvalue weighted by molar-refractivity contribution is 5.97. The molecule has 2 N–H and O–H groups in total. The highest BCUT2D eigenvalue weighted by atomic mass is 16.3. The Morgan fingerprint density at radius 1 is 0.872 bits per heavy atom. The van der Waals surface area contributed by atoms with Gasteiger partial charge in [-0.3, -0.25) is 0 Å². The van der Waals surface area contributed by atoms with Crippen LogP contribution in [0.3, 0.4) is 0 Å². The normalized spacial score (nSPS) is 18.1. The van der Waals surface area contributed by atoms with Crippen molar-refractivity contribution in [1.29, 1.82) is 0 Å². The van der Waals surface area contributed by atoms with Crippen molar-refractivity contribution in [3.63, 3.8) is 0 Å². The summed E-state index contributed by atoms with van der Waals surface area (Å²) in [5.74, 6) is 1.46. The lowest BCUT2D eigenvalue weighted by atomic mass is 9.81. The predicted molar refractivity (Wildman–Crippen MR) is 199 cm³/mol. The van der Waals surface area contributed by atoms with Crippen LogP contribution in [0.25, 0.3) is 52.3 Å². The van der Waals surface area contributed by atoms with Crippen molar-refractivity contribution in [2.24, 2.45) is 11.7 Å². The van der Waals surface area contributed by atoms with Crippen LogP contribution in [0.1, 0.15) is 70.5 Å². The number of hydrogen-bond acceptors (Lipinski definition) is 2. The summed E-state index contributed by atoms with van der Waals surface area (Å²) < 4.78 is 6.49. The summed E-state index contributed by atoms with van der Waals surface area (Å²) in [5, 5.41) is 3.75. The molecule has 0 aliphatic heterocycles. The summed E-state index contributed by atoms with van der Waals surface area (Å²) >= 11 is 0. The van der Waals surface area contributed by atoms with E-state index in [1.807, 2.05) is 0 Å². The second kappa shape index (κ2) is 12.7. The van der Waals surface area contributed by atoms with Crippen LogP contribution >= 0.6 is 0 Å². The molecular weight excluding hydrogens is 571 g/mol. The number of rotatable bonds is 6. The second-order valence-electron chi connectivity index (χ2n) is 13.3. The lowest BCUT2D eigenvalue weighted by molar-refractivity contribution is 0.514. The fraction of sp³-hybridized carbons (Fsp3) is 0.200. The molecule has 1 heterocycles. The maximum atomic E-state index is 6.89. The van der Waals surface area contributed by atoms with E-state index in [0.29, 0.717) is 5.92 Å². The molecule has 2 heteroatoms. The first kappa shape index (κ1) is 29.5.